The number of hydrogen-bond acceptors (Lipinski definition) is 10. The molecule has 1 aromatic carbocycles. The Hall–Kier alpha value is -4.37. The lowest BCUT2D eigenvalue weighted by Crippen LogP contribution is -2.56. The minimum Gasteiger partial charge on any atom is -0.496 e. The Bertz CT molecular complexity index is 1760. The summed E-state index contributed by atoms with van der Waals surface area (Å²) >= 11 is 1.04. The van der Waals surface area contributed by atoms with Crippen molar-refractivity contribution in [1.29, 1.82) is 0 Å². The Labute approximate surface area is 243 Å². The van der Waals surface area contributed by atoms with Crippen LogP contribution in [0, 0.1) is 12.7 Å². The maximum Gasteiger partial charge on any atom is 0.333 e. The van der Waals surface area contributed by atoms with Crippen LogP contribution < -0.4 is 21.3 Å². The van der Waals surface area contributed by atoms with Gasteiger partial charge in [-0.25, -0.2) is 18.5 Å². The molecule has 1 amide bonds. The summed E-state index contributed by atoms with van der Waals surface area (Å²) in [6, 6.07) is 3.30. The number of hydrogen-bond donors (Lipinski definition) is 2. The molecule has 15 heteroatoms. The Morgan fingerprint density at radius 1 is 1.19 bits per heavy atom. The second-order valence-electron chi connectivity index (χ2n) is 10.3. The summed E-state index contributed by atoms with van der Waals surface area (Å²) in [7, 11) is 1.34. The number of esters is 1. The van der Waals surface area contributed by atoms with Crippen molar-refractivity contribution >= 4 is 33.4 Å². The summed E-state index contributed by atoms with van der Waals surface area (Å²) in [6.07, 6.45) is 1.56. The Balaban J connectivity index is 2.06. The summed E-state index contributed by atoms with van der Waals surface area (Å²) < 4.78 is 27.3. The molecule has 1 atom stereocenters. The molecule has 3 aromatic heterocycles. The number of amides is 1. The second-order valence-corrected chi connectivity index (χ2v) is 11.3. The number of aliphatic hydroxyl groups excluding tert-OH is 1. The highest BCUT2D eigenvalue weighted by molar-refractivity contribution is 7.21. The van der Waals surface area contributed by atoms with Gasteiger partial charge in [0.05, 0.1) is 31.4 Å². The number of fused-ring (bicyclic) bond motifs is 1. The molecule has 0 fully saturated rings. The molecule has 224 valence electrons. The van der Waals surface area contributed by atoms with Crippen molar-refractivity contribution in [3.05, 3.63) is 68.4 Å². The number of rotatable bonds is 10. The van der Waals surface area contributed by atoms with Crippen LogP contribution in [-0.4, -0.2) is 60.9 Å². The van der Waals surface area contributed by atoms with Crippen LogP contribution in [0.4, 0.5) is 4.39 Å². The van der Waals surface area contributed by atoms with Gasteiger partial charge in [-0.15, -0.1) is 4.80 Å². The topological polar surface area (TPSA) is 160 Å². The standard InChI is InChI=1S/C27H31FN6O7S/c1-14(2)31-25(38)27(4,5)33-22(37)21-15(3)23(34-29-9-10-30-34)42-24(21)32(26(33)39)12-19(41-20(36)13-35)17-11-16(28)7-8-18(17)40-6/h7-11,14,19,35H,12-13H2,1-6H3,(H,31,38)/t19-/m0/s1. The number of benzene rings is 1. The number of ether oxygens (including phenoxy) is 2. The molecule has 0 aliphatic rings. The van der Waals surface area contributed by atoms with Crippen LogP contribution in [0.5, 0.6) is 5.75 Å². The fourth-order valence-corrected chi connectivity index (χ4v) is 5.78. The quantitative estimate of drug-likeness (QED) is 0.258. The van der Waals surface area contributed by atoms with E-state index in [0.717, 1.165) is 28.0 Å². The number of aromatic nitrogens is 5. The monoisotopic (exact) mass is 602 g/mol. The number of aliphatic hydroxyl groups is 1. The molecule has 42 heavy (non-hydrogen) atoms. The number of carbonyl (C=O) groups excluding carboxylic acids is 2. The van der Waals surface area contributed by atoms with Crippen molar-refractivity contribution in [3.63, 3.8) is 0 Å². The van der Waals surface area contributed by atoms with Crippen molar-refractivity contribution in [2.24, 2.45) is 0 Å². The van der Waals surface area contributed by atoms with Crippen molar-refractivity contribution in [2.75, 3.05) is 13.7 Å². The molecule has 2 N–H and O–H groups in total. The molecule has 0 aliphatic carbocycles. The Kier molecular flexibility index (Phi) is 8.63. The number of nitrogens with zero attached hydrogens (tertiary/aromatic N) is 5. The zero-order chi connectivity index (χ0) is 30.9. The Morgan fingerprint density at radius 3 is 2.45 bits per heavy atom. The molecular weight excluding hydrogens is 571 g/mol. The summed E-state index contributed by atoms with van der Waals surface area (Å²) in [5.41, 5.74) is -2.71. The van der Waals surface area contributed by atoms with Gasteiger partial charge in [-0.3, -0.25) is 14.2 Å². The molecule has 0 radical (unpaired) electrons. The van der Waals surface area contributed by atoms with E-state index >= 15 is 0 Å². The third-order valence-electron chi connectivity index (χ3n) is 6.61. The number of carbonyl (C=O) groups is 2. The van der Waals surface area contributed by atoms with Gasteiger partial charge in [0.25, 0.3) is 5.56 Å². The first-order chi connectivity index (χ1) is 19.8. The van der Waals surface area contributed by atoms with Gasteiger partial charge >= 0.3 is 11.7 Å². The Morgan fingerprint density at radius 2 is 1.86 bits per heavy atom. The van der Waals surface area contributed by atoms with Crippen LogP contribution in [0.25, 0.3) is 15.2 Å². The smallest absolute Gasteiger partial charge is 0.333 e. The highest BCUT2D eigenvalue weighted by Gasteiger charge is 2.36. The number of methoxy groups -OCH3 is 1. The molecular formula is C27H31FN6O7S. The molecule has 0 unspecified atom stereocenters. The summed E-state index contributed by atoms with van der Waals surface area (Å²) in [4.78, 5) is 55.2. The molecule has 0 aliphatic heterocycles. The van der Waals surface area contributed by atoms with Crippen LogP contribution >= 0.6 is 11.3 Å². The maximum atomic E-state index is 14.4. The lowest BCUT2D eigenvalue weighted by atomic mass is 10.0. The first-order valence-electron chi connectivity index (χ1n) is 12.9. The van der Waals surface area contributed by atoms with E-state index in [2.05, 4.69) is 15.5 Å². The minimum atomic E-state index is -1.65. The van der Waals surface area contributed by atoms with Crippen LogP contribution in [0.1, 0.15) is 44.9 Å². The predicted molar refractivity (Wildman–Crippen MR) is 151 cm³/mol. The fraction of sp³-hybridized carbons (Fsp3) is 0.407. The van der Waals surface area contributed by atoms with Crippen LogP contribution in [0.2, 0.25) is 0 Å². The molecule has 4 aromatic rings. The number of thiophene rings is 1. The lowest BCUT2D eigenvalue weighted by Gasteiger charge is -2.28. The van der Waals surface area contributed by atoms with Crippen molar-refractivity contribution in [3.8, 4) is 10.8 Å². The third kappa shape index (κ3) is 5.56. The number of halogens is 1. The highest BCUT2D eigenvalue weighted by Crippen LogP contribution is 2.34. The van der Waals surface area contributed by atoms with Gasteiger partial charge in [-0.2, -0.15) is 10.2 Å². The zero-order valence-corrected chi connectivity index (χ0v) is 24.7. The van der Waals surface area contributed by atoms with Gasteiger partial charge in [0.15, 0.2) is 0 Å². The first kappa shape index (κ1) is 30.6. The van der Waals surface area contributed by atoms with Crippen LogP contribution in [-0.2, 0) is 26.4 Å². The molecule has 0 spiro atoms. The summed E-state index contributed by atoms with van der Waals surface area (Å²) in [5, 5.41) is 21.0. The predicted octanol–water partition coefficient (Wildman–Crippen LogP) is 1.80. The average molecular weight is 603 g/mol. The maximum absolute atomic E-state index is 14.4. The summed E-state index contributed by atoms with van der Waals surface area (Å²) in [6.45, 7) is 6.65. The highest BCUT2D eigenvalue weighted by atomic mass is 32.1. The van der Waals surface area contributed by atoms with E-state index in [-0.39, 0.29) is 27.6 Å². The third-order valence-corrected chi connectivity index (χ3v) is 7.89. The molecule has 3 heterocycles. The molecule has 13 nitrogen and oxygen atoms in total. The van der Waals surface area contributed by atoms with Gasteiger partial charge in [-0.05, 0) is 52.8 Å². The first-order valence-corrected chi connectivity index (χ1v) is 13.7. The number of aryl methyl sites for hydroxylation is 1. The SMILES string of the molecule is COc1ccc(F)cc1[C@H](Cn1c(=O)n(C(C)(C)C(=O)NC(C)C)c(=O)c2c(C)c(-n3nccn3)sc21)OC(=O)CO. The minimum absolute atomic E-state index is 0.0798. The van der Waals surface area contributed by atoms with Crippen LogP contribution in [0.15, 0.2) is 40.2 Å². The second kappa shape index (κ2) is 11.9. The largest absolute Gasteiger partial charge is 0.496 e. The fourth-order valence-electron chi connectivity index (χ4n) is 4.56. The lowest BCUT2D eigenvalue weighted by molar-refractivity contribution is -0.153. The van der Waals surface area contributed by atoms with E-state index in [9.17, 15) is 28.7 Å². The van der Waals surface area contributed by atoms with Gasteiger partial charge in [0.1, 0.15) is 39.6 Å². The molecule has 0 saturated heterocycles. The van der Waals surface area contributed by atoms with E-state index in [1.165, 1.54) is 48.8 Å². The van der Waals surface area contributed by atoms with Gasteiger partial charge in [0, 0.05) is 17.2 Å². The van der Waals surface area contributed by atoms with Gasteiger partial charge in [0.2, 0.25) is 5.91 Å². The summed E-state index contributed by atoms with van der Waals surface area (Å²) in [5.74, 6) is -2.11. The van der Waals surface area contributed by atoms with E-state index in [1.54, 1.807) is 20.8 Å². The van der Waals surface area contributed by atoms with Gasteiger partial charge in [-0.1, -0.05) is 11.3 Å². The van der Waals surface area contributed by atoms with Gasteiger partial charge < -0.3 is 19.9 Å². The average Bonchev–Trinajstić information content (AvgIpc) is 3.58. The zero-order valence-electron chi connectivity index (χ0n) is 23.9. The normalized spacial score (nSPS) is 12.5. The number of nitrogens with one attached hydrogen (secondary N) is 1. The molecule has 0 bridgehead atoms. The van der Waals surface area contributed by atoms with Crippen molar-refractivity contribution in [1.82, 2.24) is 29.4 Å². The van der Waals surface area contributed by atoms with Crippen molar-refractivity contribution < 1.29 is 28.6 Å². The van der Waals surface area contributed by atoms with E-state index in [0.29, 0.717) is 10.6 Å². The van der Waals surface area contributed by atoms with Crippen molar-refractivity contribution in [2.45, 2.75) is 58.8 Å². The van der Waals surface area contributed by atoms with Crippen LogP contribution in [0.3, 0.4) is 0 Å². The molecule has 0 saturated carbocycles. The molecule has 4 rings (SSSR count). The van der Waals surface area contributed by atoms with E-state index in [1.807, 2.05) is 0 Å². The van der Waals surface area contributed by atoms with E-state index < -0.39 is 53.7 Å². The van der Waals surface area contributed by atoms with E-state index in [4.69, 9.17) is 9.47 Å².